The molecule has 5 rings (SSSR count). The van der Waals surface area contributed by atoms with Gasteiger partial charge in [-0.25, -0.2) is 8.78 Å². The van der Waals surface area contributed by atoms with Crippen molar-refractivity contribution in [2.75, 3.05) is 19.6 Å². The summed E-state index contributed by atoms with van der Waals surface area (Å²) in [5.41, 5.74) is 6.72. The fourth-order valence-corrected chi connectivity index (χ4v) is 7.92. The Morgan fingerprint density at radius 1 is 1.02 bits per heavy atom. The zero-order valence-corrected chi connectivity index (χ0v) is 26.6. The van der Waals surface area contributed by atoms with Crippen LogP contribution in [-0.2, 0) is 9.59 Å². The maximum absolute atomic E-state index is 15.1. The summed E-state index contributed by atoms with van der Waals surface area (Å²) in [6, 6.07) is 4.06. The average molecular weight is 615 g/mol. The van der Waals surface area contributed by atoms with Gasteiger partial charge < -0.3 is 15.5 Å². The van der Waals surface area contributed by atoms with Crippen LogP contribution < -0.4 is 5.73 Å². The molecule has 3 heterocycles. The third-order valence-electron chi connectivity index (χ3n) is 9.94. The summed E-state index contributed by atoms with van der Waals surface area (Å²) in [7, 11) is 0. The summed E-state index contributed by atoms with van der Waals surface area (Å²) < 4.78 is 28.9. The number of carbonyl (C=O) groups is 3. The van der Waals surface area contributed by atoms with Crippen molar-refractivity contribution in [3.05, 3.63) is 57.8 Å². The van der Waals surface area contributed by atoms with E-state index in [1.165, 1.54) is 23.5 Å². The number of rotatable bonds is 6. The predicted molar refractivity (Wildman–Crippen MR) is 164 cm³/mol. The third-order valence-corrected chi connectivity index (χ3v) is 10.6. The Morgan fingerprint density at radius 2 is 1.72 bits per heavy atom. The van der Waals surface area contributed by atoms with E-state index in [0.717, 1.165) is 31.7 Å². The molecule has 0 radical (unpaired) electrons. The van der Waals surface area contributed by atoms with E-state index in [2.05, 4.69) is 18.7 Å². The number of benzene rings is 1. The lowest BCUT2D eigenvalue weighted by Gasteiger charge is -2.42. The largest absolute Gasteiger partial charge is 0.368 e. The molecule has 2 aliphatic heterocycles. The van der Waals surface area contributed by atoms with Crippen LogP contribution in [0.1, 0.15) is 88.6 Å². The fraction of sp³-hybridized carbons (Fsp3) is 0.606. The molecule has 1 aromatic carbocycles. The van der Waals surface area contributed by atoms with Gasteiger partial charge in [-0.1, -0.05) is 19.9 Å². The summed E-state index contributed by atoms with van der Waals surface area (Å²) in [4.78, 5) is 46.8. The third kappa shape index (κ3) is 6.50. The normalized spacial score (nSPS) is 26.5. The first-order valence-electron chi connectivity index (χ1n) is 15.3. The highest BCUT2D eigenvalue weighted by Crippen LogP contribution is 2.42. The van der Waals surface area contributed by atoms with Crippen molar-refractivity contribution < 1.29 is 23.2 Å². The summed E-state index contributed by atoms with van der Waals surface area (Å²) in [5.74, 6) is -3.51. The van der Waals surface area contributed by atoms with Crippen LogP contribution in [0.4, 0.5) is 8.78 Å². The summed E-state index contributed by atoms with van der Waals surface area (Å²) in [6.45, 7) is 11.6. The minimum atomic E-state index is -0.877. The standard InChI is InChI=1S/C33H44F2N4O3S/c1-32(2,3)37-17-25(24-7-6-21(34)14-27(24)35)26(18-37)31(42)38-16-23(15-28(38)29(36)40)39(30(41)20-10-13-43-19-20)22-8-11-33(4,5)12-9-22/h6-7,10,13-14,19,22-23,25-26,28H,8-9,11-12,15-18H2,1-5H3,(H2,36,40)/t23-,25-,26+,28-/m0/s1. The van der Waals surface area contributed by atoms with E-state index in [4.69, 9.17) is 5.73 Å². The minimum absolute atomic E-state index is 0.00192. The number of halogens is 2. The lowest BCUT2D eigenvalue weighted by Crippen LogP contribution is -2.51. The first kappa shape index (κ1) is 31.6. The van der Waals surface area contributed by atoms with Crippen molar-refractivity contribution in [2.24, 2.45) is 17.1 Å². The van der Waals surface area contributed by atoms with Gasteiger partial charge in [0.05, 0.1) is 17.5 Å². The molecule has 0 unspecified atom stereocenters. The second-order valence-electron chi connectivity index (χ2n) is 14.4. The van der Waals surface area contributed by atoms with Gasteiger partial charge in [0.15, 0.2) is 0 Å². The van der Waals surface area contributed by atoms with Gasteiger partial charge in [0.1, 0.15) is 17.7 Å². The molecule has 3 aliphatic rings. The number of primary amides is 1. The number of likely N-dealkylation sites (tertiary alicyclic amines) is 2. The second-order valence-corrected chi connectivity index (χ2v) is 15.2. The zero-order chi connectivity index (χ0) is 31.3. The molecule has 7 nitrogen and oxygen atoms in total. The predicted octanol–water partition coefficient (Wildman–Crippen LogP) is 5.41. The molecule has 4 atom stereocenters. The van der Waals surface area contributed by atoms with Crippen molar-refractivity contribution in [3.8, 4) is 0 Å². The monoisotopic (exact) mass is 614 g/mol. The van der Waals surface area contributed by atoms with E-state index in [1.54, 1.807) is 4.90 Å². The Morgan fingerprint density at radius 3 is 2.30 bits per heavy atom. The maximum Gasteiger partial charge on any atom is 0.255 e. The number of amides is 3. The van der Waals surface area contributed by atoms with Gasteiger partial charge >= 0.3 is 0 Å². The number of thiophene rings is 1. The van der Waals surface area contributed by atoms with Gasteiger partial charge in [0.25, 0.3) is 5.91 Å². The molecule has 1 aromatic heterocycles. The summed E-state index contributed by atoms with van der Waals surface area (Å²) >= 11 is 1.46. The lowest BCUT2D eigenvalue weighted by atomic mass is 9.75. The highest BCUT2D eigenvalue weighted by atomic mass is 32.1. The van der Waals surface area contributed by atoms with Crippen molar-refractivity contribution >= 4 is 29.1 Å². The van der Waals surface area contributed by atoms with Gasteiger partial charge in [-0.2, -0.15) is 11.3 Å². The Bertz CT molecular complexity index is 1350. The molecule has 10 heteroatoms. The topological polar surface area (TPSA) is 87.0 Å². The van der Waals surface area contributed by atoms with Crippen molar-refractivity contribution in [3.63, 3.8) is 0 Å². The molecule has 2 saturated heterocycles. The van der Waals surface area contributed by atoms with E-state index in [9.17, 15) is 18.8 Å². The fourth-order valence-electron chi connectivity index (χ4n) is 7.29. The highest BCUT2D eigenvalue weighted by Gasteiger charge is 2.50. The molecule has 1 saturated carbocycles. The Hall–Kier alpha value is -2.85. The smallest absolute Gasteiger partial charge is 0.255 e. The molecular weight excluding hydrogens is 570 g/mol. The van der Waals surface area contributed by atoms with Gasteiger partial charge in [0, 0.05) is 48.6 Å². The SMILES string of the molecule is CC1(C)CCC(N(C(=O)c2ccsc2)[C@H]2C[C@@H](C(N)=O)N(C(=O)[C@@H]3CN(C(C)(C)C)C[C@H]3c3ccc(F)cc3F)C2)CC1. The lowest BCUT2D eigenvalue weighted by molar-refractivity contribution is -0.140. The van der Waals surface area contributed by atoms with Gasteiger partial charge in [-0.15, -0.1) is 0 Å². The van der Waals surface area contributed by atoms with Crippen LogP contribution in [0.5, 0.6) is 0 Å². The molecule has 2 aromatic rings. The molecule has 1 aliphatic carbocycles. The number of nitrogens with two attached hydrogens (primary N) is 1. The highest BCUT2D eigenvalue weighted by molar-refractivity contribution is 7.08. The first-order chi connectivity index (χ1) is 20.2. The molecule has 0 spiro atoms. The second kappa shape index (κ2) is 11.9. The molecule has 2 N–H and O–H groups in total. The zero-order valence-electron chi connectivity index (χ0n) is 25.8. The van der Waals surface area contributed by atoms with E-state index >= 15 is 4.39 Å². The molecule has 3 fully saturated rings. The van der Waals surface area contributed by atoms with Crippen LogP contribution >= 0.6 is 11.3 Å². The Balaban J connectivity index is 1.46. The van der Waals surface area contributed by atoms with Crippen LogP contribution in [0.25, 0.3) is 0 Å². The Kier molecular flexibility index (Phi) is 8.75. The van der Waals surface area contributed by atoms with Crippen LogP contribution in [0.3, 0.4) is 0 Å². The Labute approximate surface area is 257 Å². The van der Waals surface area contributed by atoms with E-state index in [-0.39, 0.29) is 53.4 Å². The summed E-state index contributed by atoms with van der Waals surface area (Å²) in [5, 5.41) is 3.72. The molecule has 234 valence electrons. The quantitative estimate of drug-likeness (QED) is 0.472. The molecule has 3 amide bonds. The van der Waals surface area contributed by atoms with Crippen LogP contribution in [-0.4, -0.2) is 75.7 Å². The number of hydrogen-bond donors (Lipinski definition) is 1. The van der Waals surface area contributed by atoms with E-state index in [1.807, 2.05) is 42.5 Å². The average Bonchev–Trinajstić information content (AvgIpc) is 3.69. The maximum atomic E-state index is 15.1. The van der Waals surface area contributed by atoms with Crippen LogP contribution in [0.15, 0.2) is 35.0 Å². The van der Waals surface area contributed by atoms with Crippen molar-refractivity contribution in [1.29, 1.82) is 0 Å². The number of hydrogen-bond acceptors (Lipinski definition) is 5. The number of carbonyl (C=O) groups excluding carboxylic acids is 3. The van der Waals surface area contributed by atoms with Crippen molar-refractivity contribution in [2.45, 2.75) is 96.3 Å². The molecule has 0 bridgehead atoms. The van der Waals surface area contributed by atoms with Gasteiger partial charge in [-0.3, -0.25) is 19.3 Å². The minimum Gasteiger partial charge on any atom is -0.368 e. The van der Waals surface area contributed by atoms with E-state index in [0.29, 0.717) is 18.7 Å². The van der Waals surface area contributed by atoms with Crippen molar-refractivity contribution in [1.82, 2.24) is 14.7 Å². The first-order valence-corrected chi connectivity index (χ1v) is 16.3. The molecular formula is C33H44F2N4O3S. The van der Waals surface area contributed by atoms with Gasteiger partial charge in [-0.05, 0) is 81.4 Å². The molecule has 43 heavy (non-hydrogen) atoms. The van der Waals surface area contributed by atoms with E-state index < -0.39 is 35.4 Å². The number of nitrogens with zero attached hydrogens (tertiary/aromatic N) is 3. The summed E-state index contributed by atoms with van der Waals surface area (Å²) in [6.07, 6.45) is 3.93. The van der Waals surface area contributed by atoms with Gasteiger partial charge in [0.2, 0.25) is 11.8 Å². The van der Waals surface area contributed by atoms with Crippen LogP contribution in [0.2, 0.25) is 0 Å². The van der Waals surface area contributed by atoms with Crippen LogP contribution in [0, 0.1) is 23.0 Å².